The Kier molecular flexibility index (Phi) is 5.01. The predicted octanol–water partition coefficient (Wildman–Crippen LogP) is 1.40. The minimum Gasteiger partial charge on any atom is -0.369 e. The third-order valence-corrected chi connectivity index (χ3v) is 4.02. The quantitative estimate of drug-likeness (QED) is 0.824. The molecule has 0 aliphatic carbocycles. The van der Waals surface area contributed by atoms with E-state index in [-0.39, 0.29) is 18.6 Å². The van der Waals surface area contributed by atoms with Gasteiger partial charge in [0.25, 0.3) is 0 Å². The van der Waals surface area contributed by atoms with Crippen LogP contribution in [-0.4, -0.2) is 49.2 Å². The summed E-state index contributed by atoms with van der Waals surface area (Å²) in [6.07, 6.45) is 5.08. The summed E-state index contributed by atoms with van der Waals surface area (Å²) in [5.41, 5.74) is 0. The number of piperidine rings is 1. The van der Waals surface area contributed by atoms with E-state index in [1.54, 1.807) is 0 Å². The van der Waals surface area contributed by atoms with Crippen molar-refractivity contribution in [3.8, 4) is 0 Å². The van der Waals surface area contributed by atoms with Crippen LogP contribution in [0.1, 0.15) is 39.5 Å². The van der Waals surface area contributed by atoms with Gasteiger partial charge in [0.1, 0.15) is 6.61 Å². The van der Waals surface area contributed by atoms with Gasteiger partial charge in [0.15, 0.2) is 0 Å². The van der Waals surface area contributed by atoms with E-state index in [0.29, 0.717) is 12.0 Å². The summed E-state index contributed by atoms with van der Waals surface area (Å²) in [4.78, 5) is 14.0. The first-order valence-corrected chi connectivity index (χ1v) is 7.29. The Morgan fingerprint density at radius 2 is 2.22 bits per heavy atom. The highest BCUT2D eigenvalue weighted by Gasteiger charge is 2.30. The maximum atomic E-state index is 12.0. The molecule has 4 nitrogen and oxygen atoms in total. The van der Waals surface area contributed by atoms with Gasteiger partial charge < -0.3 is 15.0 Å². The minimum atomic E-state index is 0.131. The summed E-state index contributed by atoms with van der Waals surface area (Å²) in [5.74, 6) is 0.802. The smallest absolute Gasteiger partial charge is 0.248 e. The zero-order chi connectivity index (χ0) is 13.0. The van der Waals surface area contributed by atoms with Crippen LogP contribution in [0.15, 0.2) is 0 Å². The van der Waals surface area contributed by atoms with Crippen molar-refractivity contribution < 1.29 is 9.53 Å². The van der Waals surface area contributed by atoms with Crippen LogP contribution in [0.25, 0.3) is 0 Å². The second-order valence-electron chi connectivity index (χ2n) is 5.80. The molecular formula is C14H26N2O2. The average molecular weight is 254 g/mol. The monoisotopic (exact) mass is 254 g/mol. The lowest BCUT2D eigenvalue weighted by molar-refractivity contribution is -0.139. The number of carbonyl (C=O) groups excluding carboxylic acids is 1. The van der Waals surface area contributed by atoms with E-state index in [4.69, 9.17) is 4.74 Å². The number of hydrogen-bond donors (Lipinski definition) is 1. The lowest BCUT2D eigenvalue weighted by atomic mass is 9.90. The Hall–Kier alpha value is -0.610. The van der Waals surface area contributed by atoms with Crippen LogP contribution in [0.5, 0.6) is 0 Å². The highest BCUT2D eigenvalue weighted by molar-refractivity contribution is 5.77. The van der Waals surface area contributed by atoms with Crippen LogP contribution in [-0.2, 0) is 9.53 Å². The van der Waals surface area contributed by atoms with Crippen LogP contribution in [0.3, 0.4) is 0 Å². The van der Waals surface area contributed by atoms with Gasteiger partial charge in [-0.15, -0.1) is 0 Å². The molecule has 0 spiro atoms. The molecule has 0 aromatic carbocycles. The number of nitrogens with one attached hydrogen (secondary N) is 1. The molecular weight excluding hydrogens is 228 g/mol. The molecule has 2 saturated heterocycles. The third kappa shape index (κ3) is 3.69. The molecule has 4 heteroatoms. The van der Waals surface area contributed by atoms with Gasteiger partial charge in [0.05, 0.1) is 6.10 Å². The first-order valence-electron chi connectivity index (χ1n) is 7.29. The van der Waals surface area contributed by atoms with E-state index in [1.165, 1.54) is 19.3 Å². The standard InChI is InChI=1S/C14H26N2O2/c1-11(2)18-10-14(17)16-8-4-5-12(9-16)13-6-3-7-15-13/h11-13,15H,3-10H2,1-2H3. The molecule has 1 amide bonds. The molecule has 0 aromatic heterocycles. The fourth-order valence-corrected chi connectivity index (χ4v) is 3.01. The van der Waals surface area contributed by atoms with Crippen molar-refractivity contribution >= 4 is 5.91 Å². The summed E-state index contributed by atoms with van der Waals surface area (Å²) >= 11 is 0. The lowest BCUT2D eigenvalue weighted by Gasteiger charge is -2.36. The Morgan fingerprint density at radius 3 is 2.89 bits per heavy atom. The summed E-state index contributed by atoms with van der Waals surface area (Å²) in [7, 11) is 0. The number of amides is 1. The highest BCUT2D eigenvalue weighted by Crippen LogP contribution is 2.24. The molecule has 2 rings (SSSR count). The second-order valence-corrected chi connectivity index (χ2v) is 5.80. The Bertz CT molecular complexity index is 275. The number of hydrogen-bond acceptors (Lipinski definition) is 3. The molecule has 0 saturated carbocycles. The zero-order valence-electron chi connectivity index (χ0n) is 11.7. The van der Waals surface area contributed by atoms with Gasteiger partial charge in [-0.25, -0.2) is 0 Å². The normalized spacial score (nSPS) is 28.9. The maximum Gasteiger partial charge on any atom is 0.248 e. The predicted molar refractivity (Wildman–Crippen MR) is 71.4 cm³/mol. The highest BCUT2D eigenvalue weighted by atomic mass is 16.5. The van der Waals surface area contributed by atoms with Gasteiger partial charge in [-0.2, -0.15) is 0 Å². The van der Waals surface area contributed by atoms with Crippen molar-refractivity contribution in [2.75, 3.05) is 26.2 Å². The molecule has 2 aliphatic rings. The van der Waals surface area contributed by atoms with Gasteiger partial charge in [0, 0.05) is 19.1 Å². The molecule has 2 heterocycles. The van der Waals surface area contributed by atoms with Gasteiger partial charge >= 0.3 is 0 Å². The molecule has 0 aromatic rings. The SMILES string of the molecule is CC(C)OCC(=O)N1CCCC(C2CCCN2)C1. The van der Waals surface area contributed by atoms with E-state index < -0.39 is 0 Å². The molecule has 104 valence electrons. The van der Waals surface area contributed by atoms with Crippen molar-refractivity contribution in [2.24, 2.45) is 5.92 Å². The topological polar surface area (TPSA) is 41.6 Å². The van der Waals surface area contributed by atoms with Crippen molar-refractivity contribution in [2.45, 2.75) is 51.7 Å². The molecule has 2 aliphatic heterocycles. The first kappa shape index (κ1) is 13.8. The summed E-state index contributed by atoms with van der Waals surface area (Å²) in [5, 5.41) is 3.57. The Labute approximate surface area is 110 Å². The largest absolute Gasteiger partial charge is 0.369 e. The molecule has 2 unspecified atom stereocenters. The number of likely N-dealkylation sites (tertiary alicyclic amines) is 1. The second kappa shape index (κ2) is 6.53. The average Bonchev–Trinajstić information content (AvgIpc) is 2.90. The Morgan fingerprint density at radius 1 is 1.39 bits per heavy atom. The van der Waals surface area contributed by atoms with E-state index in [9.17, 15) is 4.79 Å². The summed E-state index contributed by atoms with van der Waals surface area (Å²) < 4.78 is 5.41. The van der Waals surface area contributed by atoms with E-state index >= 15 is 0 Å². The number of nitrogens with zero attached hydrogens (tertiary/aromatic N) is 1. The van der Waals surface area contributed by atoms with Gasteiger partial charge in [-0.3, -0.25) is 4.79 Å². The van der Waals surface area contributed by atoms with Crippen LogP contribution in [0.2, 0.25) is 0 Å². The molecule has 1 N–H and O–H groups in total. The summed E-state index contributed by atoms with van der Waals surface area (Å²) in [6.45, 7) is 7.14. The lowest BCUT2D eigenvalue weighted by Crippen LogP contribution is -2.47. The van der Waals surface area contributed by atoms with Crippen molar-refractivity contribution in [3.63, 3.8) is 0 Å². The molecule has 2 fully saturated rings. The zero-order valence-corrected chi connectivity index (χ0v) is 11.7. The van der Waals surface area contributed by atoms with E-state index in [1.807, 2.05) is 18.7 Å². The number of rotatable bonds is 4. The van der Waals surface area contributed by atoms with Gasteiger partial charge in [0.2, 0.25) is 5.91 Å². The number of ether oxygens (including phenoxy) is 1. The third-order valence-electron chi connectivity index (χ3n) is 4.02. The fourth-order valence-electron chi connectivity index (χ4n) is 3.01. The van der Waals surface area contributed by atoms with Crippen LogP contribution >= 0.6 is 0 Å². The van der Waals surface area contributed by atoms with Crippen LogP contribution < -0.4 is 5.32 Å². The van der Waals surface area contributed by atoms with E-state index in [2.05, 4.69) is 5.32 Å². The van der Waals surface area contributed by atoms with Gasteiger partial charge in [-0.05, 0) is 52.0 Å². The first-order chi connectivity index (χ1) is 8.66. The molecule has 0 bridgehead atoms. The van der Waals surface area contributed by atoms with Crippen molar-refractivity contribution in [3.05, 3.63) is 0 Å². The maximum absolute atomic E-state index is 12.0. The minimum absolute atomic E-state index is 0.131. The van der Waals surface area contributed by atoms with E-state index in [0.717, 1.165) is 26.1 Å². The van der Waals surface area contributed by atoms with Crippen LogP contribution in [0.4, 0.5) is 0 Å². The van der Waals surface area contributed by atoms with Crippen molar-refractivity contribution in [1.82, 2.24) is 10.2 Å². The fraction of sp³-hybridized carbons (Fsp3) is 0.929. The molecule has 2 atom stereocenters. The van der Waals surface area contributed by atoms with Gasteiger partial charge in [-0.1, -0.05) is 0 Å². The molecule has 0 radical (unpaired) electrons. The molecule has 18 heavy (non-hydrogen) atoms. The van der Waals surface area contributed by atoms with Crippen molar-refractivity contribution in [1.29, 1.82) is 0 Å². The Balaban J connectivity index is 1.80. The number of carbonyl (C=O) groups is 1. The van der Waals surface area contributed by atoms with Crippen LogP contribution in [0, 0.1) is 5.92 Å². The summed E-state index contributed by atoms with van der Waals surface area (Å²) in [6, 6.07) is 0.631.